The third-order valence-corrected chi connectivity index (χ3v) is 3.63. The highest BCUT2D eigenvalue weighted by atomic mass is 16.5. The average molecular weight is 261 g/mol. The second kappa shape index (κ2) is 4.66. The molecule has 1 heterocycles. The number of ether oxygens (including phenoxy) is 1. The fraction of sp³-hybridized carbons (Fsp3) is 0.429. The van der Waals surface area contributed by atoms with Crippen molar-refractivity contribution in [3.63, 3.8) is 0 Å². The molecule has 2 aliphatic rings. The van der Waals surface area contributed by atoms with Crippen LogP contribution in [0.15, 0.2) is 18.2 Å². The van der Waals surface area contributed by atoms with Crippen LogP contribution in [0.4, 0.5) is 0 Å². The molecule has 1 saturated carbocycles. The van der Waals surface area contributed by atoms with Gasteiger partial charge in [-0.25, -0.2) is 4.79 Å². The molecule has 1 atom stereocenters. The molecule has 5 nitrogen and oxygen atoms in total. The number of fused-ring (bicyclic) bond motifs is 1. The van der Waals surface area contributed by atoms with Crippen LogP contribution in [-0.4, -0.2) is 23.0 Å². The van der Waals surface area contributed by atoms with Crippen LogP contribution >= 0.6 is 0 Å². The van der Waals surface area contributed by atoms with Gasteiger partial charge in [0.25, 0.3) is 5.91 Å². The lowest BCUT2D eigenvalue weighted by molar-refractivity contribution is -0.139. The van der Waals surface area contributed by atoms with Gasteiger partial charge < -0.3 is 15.2 Å². The third-order valence-electron chi connectivity index (χ3n) is 3.63. The van der Waals surface area contributed by atoms with Crippen LogP contribution in [0, 0.1) is 5.92 Å². The number of carbonyl (C=O) groups is 2. The van der Waals surface area contributed by atoms with E-state index in [9.17, 15) is 9.59 Å². The van der Waals surface area contributed by atoms with E-state index in [4.69, 9.17) is 9.84 Å². The Labute approximate surface area is 110 Å². The standard InChI is InChI=1S/C14H15NO4/c16-13(15-12(14(17)18)8-1-2-8)9-3-4-10-6-19-7-11(10)5-9/h3-5,8,12H,1-2,6-7H2,(H,15,16)(H,17,18). The Morgan fingerprint density at radius 2 is 2.00 bits per heavy atom. The lowest BCUT2D eigenvalue weighted by Gasteiger charge is -2.13. The minimum atomic E-state index is -0.958. The maximum Gasteiger partial charge on any atom is 0.326 e. The first kappa shape index (κ1) is 12.2. The normalized spacial score (nSPS) is 18.7. The molecular weight excluding hydrogens is 246 g/mol. The summed E-state index contributed by atoms with van der Waals surface area (Å²) in [4.78, 5) is 23.2. The number of aliphatic carboxylic acids is 1. The maximum atomic E-state index is 12.1. The Morgan fingerprint density at radius 1 is 1.26 bits per heavy atom. The monoisotopic (exact) mass is 261 g/mol. The summed E-state index contributed by atoms with van der Waals surface area (Å²) in [5.41, 5.74) is 2.59. The number of amides is 1. The van der Waals surface area contributed by atoms with E-state index < -0.39 is 12.0 Å². The quantitative estimate of drug-likeness (QED) is 0.856. The van der Waals surface area contributed by atoms with Gasteiger partial charge in [0, 0.05) is 5.56 Å². The molecule has 0 radical (unpaired) electrons. The van der Waals surface area contributed by atoms with Crippen molar-refractivity contribution in [1.29, 1.82) is 0 Å². The highest BCUT2D eigenvalue weighted by Gasteiger charge is 2.37. The topological polar surface area (TPSA) is 75.6 Å². The molecule has 2 N–H and O–H groups in total. The number of nitrogens with one attached hydrogen (secondary N) is 1. The first-order valence-corrected chi connectivity index (χ1v) is 6.38. The predicted octanol–water partition coefficient (Wildman–Crippen LogP) is 1.31. The van der Waals surface area contributed by atoms with E-state index in [-0.39, 0.29) is 11.8 Å². The molecule has 1 aromatic carbocycles. The van der Waals surface area contributed by atoms with Gasteiger partial charge in [0.05, 0.1) is 13.2 Å². The number of carboxylic acid groups (broad SMARTS) is 1. The van der Waals surface area contributed by atoms with Crippen LogP contribution in [0.2, 0.25) is 0 Å². The van der Waals surface area contributed by atoms with Crippen LogP contribution < -0.4 is 5.32 Å². The lowest BCUT2D eigenvalue weighted by Crippen LogP contribution is -2.42. The summed E-state index contributed by atoms with van der Waals surface area (Å²) < 4.78 is 5.29. The van der Waals surface area contributed by atoms with E-state index in [1.54, 1.807) is 12.1 Å². The van der Waals surface area contributed by atoms with Crippen molar-refractivity contribution >= 4 is 11.9 Å². The minimum Gasteiger partial charge on any atom is -0.480 e. The first-order valence-electron chi connectivity index (χ1n) is 6.38. The van der Waals surface area contributed by atoms with Gasteiger partial charge in [0.15, 0.2) is 0 Å². The van der Waals surface area contributed by atoms with E-state index in [2.05, 4.69) is 5.32 Å². The fourth-order valence-corrected chi connectivity index (χ4v) is 2.35. The SMILES string of the molecule is O=C(NC(C(=O)O)C1CC1)c1ccc2c(c1)COC2. The number of carbonyl (C=O) groups excluding carboxylic acids is 1. The lowest BCUT2D eigenvalue weighted by atomic mass is 10.1. The second-order valence-corrected chi connectivity index (χ2v) is 5.10. The summed E-state index contributed by atoms with van der Waals surface area (Å²) in [5, 5.41) is 11.7. The summed E-state index contributed by atoms with van der Waals surface area (Å²) in [7, 11) is 0. The Morgan fingerprint density at radius 3 is 2.68 bits per heavy atom. The number of rotatable bonds is 4. The van der Waals surface area contributed by atoms with Gasteiger partial charge >= 0.3 is 5.97 Å². The van der Waals surface area contributed by atoms with Crippen molar-refractivity contribution in [2.45, 2.75) is 32.1 Å². The van der Waals surface area contributed by atoms with E-state index in [1.165, 1.54) is 0 Å². The molecule has 0 bridgehead atoms. The Bertz CT molecular complexity index is 536. The molecule has 0 aromatic heterocycles. The molecule has 0 saturated heterocycles. The van der Waals surface area contributed by atoms with Gasteiger partial charge in [0.1, 0.15) is 6.04 Å². The Hall–Kier alpha value is -1.88. The van der Waals surface area contributed by atoms with Crippen LogP contribution in [0.3, 0.4) is 0 Å². The van der Waals surface area contributed by atoms with Crippen molar-refractivity contribution in [3.05, 3.63) is 34.9 Å². The minimum absolute atomic E-state index is 0.0826. The zero-order chi connectivity index (χ0) is 13.4. The summed E-state index contributed by atoms with van der Waals surface area (Å²) in [6.07, 6.45) is 1.74. The van der Waals surface area contributed by atoms with Gasteiger partial charge in [-0.1, -0.05) is 6.07 Å². The van der Waals surface area contributed by atoms with Crippen LogP contribution in [0.25, 0.3) is 0 Å². The van der Waals surface area contributed by atoms with Crippen molar-refractivity contribution in [2.75, 3.05) is 0 Å². The summed E-state index contributed by atoms with van der Waals surface area (Å²) in [6, 6.07) is 4.60. The second-order valence-electron chi connectivity index (χ2n) is 5.10. The molecule has 5 heteroatoms. The van der Waals surface area contributed by atoms with Crippen LogP contribution in [0.5, 0.6) is 0 Å². The van der Waals surface area contributed by atoms with Gasteiger partial charge in [-0.15, -0.1) is 0 Å². The molecule has 100 valence electrons. The van der Waals surface area contributed by atoms with E-state index >= 15 is 0 Å². The third kappa shape index (κ3) is 2.46. The van der Waals surface area contributed by atoms with Crippen molar-refractivity contribution in [3.8, 4) is 0 Å². The van der Waals surface area contributed by atoms with Crippen molar-refractivity contribution in [1.82, 2.24) is 5.32 Å². The summed E-state index contributed by atoms with van der Waals surface area (Å²) in [6.45, 7) is 1.10. The maximum absolute atomic E-state index is 12.1. The van der Waals surface area contributed by atoms with E-state index in [0.717, 1.165) is 24.0 Å². The van der Waals surface area contributed by atoms with Crippen LogP contribution in [0.1, 0.15) is 34.3 Å². The number of hydrogen-bond donors (Lipinski definition) is 2. The highest BCUT2D eigenvalue weighted by Crippen LogP contribution is 2.33. The van der Waals surface area contributed by atoms with Gasteiger partial charge in [0.2, 0.25) is 0 Å². The zero-order valence-electron chi connectivity index (χ0n) is 10.4. The first-order chi connectivity index (χ1) is 9.15. The molecule has 1 amide bonds. The van der Waals surface area contributed by atoms with Gasteiger partial charge in [-0.05, 0) is 42.0 Å². The fourth-order valence-electron chi connectivity index (χ4n) is 2.35. The van der Waals surface area contributed by atoms with Gasteiger partial charge in [-0.3, -0.25) is 4.79 Å². The van der Waals surface area contributed by atoms with Crippen LogP contribution in [-0.2, 0) is 22.7 Å². The van der Waals surface area contributed by atoms with Crippen molar-refractivity contribution < 1.29 is 19.4 Å². The largest absolute Gasteiger partial charge is 0.480 e. The molecule has 1 fully saturated rings. The van der Waals surface area contributed by atoms with Crippen molar-refractivity contribution in [2.24, 2.45) is 5.92 Å². The molecule has 1 aromatic rings. The van der Waals surface area contributed by atoms with Gasteiger partial charge in [-0.2, -0.15) is 0 Å². The zero-order valence-corrected chi connectivity index (χ0v) is 10.4. The molecule has 19 heavy (non-hydrogen) atoms. The molecule has 1 aliphatic heterocycles. The molecule has 1 aliphatic carbocycles. The predicted molar refractivity (Wildman–Crippen MR) is 66.5 cm³/mol. The molecule has 1 unspecified atom stereocenters. The molecular formula is C14H15NO4. The summed E-state index contributed by atoms with van der Waals surface area (Å²) in [5.74, 6) is -1.20. The van der Waals surface area contributed by atoms with E-state index in [1.807, 2.05) is 6.07 Å². The van der Waals surface area contributed by atoms with E-state index in [0.29, 0.717) is 18.8 Å². The Balaban J connectivity index is 1.74. The molecule has 0 spiro atoms. The molecule has 3 rings (SSSR count). The smallest absolute Gasteiger partial charge is 0.326 e. The number of hydrogen-bond acceptors (Lipinski definition) is 3. The average Bonchev–Trinajstić information content (AvgIpc) is 3.11. The highest BCUT2D eigenvalue weighted by molar-refractivity contribution is 5.97. The summed E-state index contributed by atoms with van der Waals surface area (Å²) >= 11 is 0. The Kier molecular flexibility index (Phi) is 2.98. The number of carboxylic acids is 1. The number of benzene rings is 1.